The fourth-order valence-corrected chi connectivity index (χ4v) is 3.36. The van der Waals surface area contributed by atoms with Crippen molar-refractivity contribution >= 4 is 40.2 Å². The molecule has 0 spiro atoms. The van der Waals surface area contributed by atoms with E-state index in [4.69, 9.17) is 16.3 Å². The first kappa shape index (κ1) is 19.2. The summed E-state index contributed by atoms with van der Waals surface area (Å²) in [5.41, 5.74) is 1.14. The van der Waals surface area contributed by atoms with Crippen LogP contribution in [-0.2, 0) is 11.3 Å². The van der Waals surface area contributed by atoms with Crippen LogP contribution in [0, 0.1) is 0 Å². The van der Waals surface area contributed by atoms with E-state index in [1.807, 2.05) is 13.1 Å². The Morgan fingerprint density at radius 3 is 3.07 bits per heavy atom. The Morgan fingerprint density at radius 2 is 2.34 bits per heavy atom. The summed E-state index contributed by atoms with van der Waals surface area (Å²) in [5, 5.41) is 8.04. The molecule has 2 atom stereocenters. The molecule has 3 aromatic heterocycles. The van der Waals surface area contributed by atoms with Gasteiger partial charge in [0.25, 0.3) is 0 Å². The fourth-order valence-electron chi connectivity index (χ4n) is 3.13. The Bertz CT molecular complexity index is 1070. The molecule has 4 heterocycles. The molecular formula is C18H19ClFN7O2. The van der Waals surface area contributed by atoms with Crippen molar-refractivity contribution in [2.75, 3.05) is 18.4 Å². The molecule has 11 heteroatoms. The van der Waals surface area contributed by atoms with Crippen LogP contribution in [0.2, 0.25) is 5.02 Å². The van der Waals surface area contributed by atoms with Crippen LogP contribution in [0.5, 0.6) is 5.88 Å². The van der Waals surface area contributed by atoms with Crippen LogP contribution in [0.15, 0.2) is 31.2 Å². The summed E-state index contributed by atoms with van der Waals surface area (Å²) in [5.74, 6) is 0.0304. The van der Waals surface area contributed by atoms with Crippen LogP contribution < -0.4 is 10.1 Å². The first-order valence-electron chi connectivity index (χ1n) is 9.04. The molecule has 0 unspecified atom stereocenters. The molecule has 1 saturated heterocycles. The minimum atomic E-state index is -1.36. The molecule has 29 heavy (non-hydrogen) atoms. The second-order valence-electron chi connectivity index (χ2n) is 6.54. The zero-order chi connectivity index (χ0) is 20.5. The number of H-pyrrole nitrogens is 1. The van der Waals surface area contributed by atoms with E-state index in [2.05, 4.69) is 31.9 Å². The number of carbonyl (C=O) groups excluding carboxylic acids is 1. The molecule has 3 aromatic rings. The highest BCUT2D eigenvalue weighted by atomic mass is 35.5. The van der Waals surface area contributed by atoms with Gasteiger partial charge >= 0.3 is 0 Å². The van der Waals surface area contributed by atoms with Gasteiger partial charge in [0.15, 0.2) is 12.3 Å². The number of amides is 1. The SMILES string of the molecule is C=CC(=O)N1C[C@H](Oc2nc(Nc3cnn(CC)c3)nc3[nH]cc(Cl)c23)[C@@H](F)C1. The highest BCUT2D eigenvalue weighted by Gasteiger charge is 2.37. The number of fused-ring (bicyclic) bond motifs is 1. The number of rotatable bonds is 6. The highest BCUT2D eigenvalue weighted by molar-refractivity contribution is 6.35. The number of carbonyl (C=O) groups is 1. The third kappa shape index (κ3) is 3.75. The summed E-state index contributed by atoms with van der Waals surface area (Å²) in [6.45, 7) is 6.16. The van der Waals surface area contributed by atoms with Gasteiger partial charge in [0.05, 0.1) is 35.4 Å². The van der Waals surface area contributed by atoms with Crippen molar-refractivity contribution in [2.45, 2.75) is 25.7 Å². The maximum atomic E-state index is 14.5. The van der Waals surface area contributed by atoms with Crippen molar-refractivity contribution in [3.63, 3.8) is 0 Å². The summed E-state index contributed by atoms with van der Waals surface area (Å²) < 4.78 is 22.1. The van der Waals surface area contributed by atoms with Crippen LogP contribution >= 0.6 is 11.6 Å². The molecule has 1 fully saturated rings. The lowest BCUT2D eigenvalue weighted by Gasteiger charge is -2.16. The Morgan fingerprint density at radius 1 is 1.52 bits per heavy atom. The Balaban J connectivity index is 1.63. The quantitative estimate of drug-likeness (QED) is 0.596. The van der Waals surface area contributed by atoms with Gasteiger partial charge in [-0.05, 0) is 13.0 Å². The van der Waals surface area contributed by atoms with Gasteiger partial charge in [0.1, 0.15) is 5.65 Å². The Labute approximate surface area is 170 Å². The zero-order valence-corrected chi connectivity index (χ0v) is 16.4. The van der Waals surface area contributed by atoms with Crippen LogP contribution in [0.3, 0.4) is 0 Å². The molecule has 1 amide bonds. The number of hydrogen-bond donors (Lipinski definition) is 2. The van der Waals surface area contributed by atoms with E-state index in [9.17, 15) is 9.18 Å². The lowest BCUT2D eigenvalue weighted by Crippen LogP contribution is -2.30. The largest absolute Gasteiger partial charge is 0.469 e. The van der Waals surface area contributed by atoms with Crippen molar-refractivity contribution < 1.29 is 13.9 Å². The average Bonchev–Trinajstić information content (AvgIpc) is 3.41. The van der Waals surface area contributed by atoms with Crippen molar-refractivity contribution in [1.29, 1.82) is 0 Å². The van der Waals surface area contributed by atoms with Gasteiger partial charge in [-0.25, -0.2) is 4.39 Å². The van der Waals surface area contributed by atoms with Gasteiger partial charge in [0.2, 0.25) is 17.7 Å². The number of nitrogens with one attached hydrogen (secondary N) is 2. The molecule has 4 rings (SSSR count). The zero-order valence-electron chi connectivity index (χ0n) is 15.6. The summed E-state index contributed by atoms with van der Waals surface area (Å²) in [6.07, 6.45) is 3.93. The summed E-state index contributed by atoms with van der Waals surface area (Å²) in [6, 6.07) is 0. The molecule has 0 aromatic carbocycles. The van der Waals surface area contributed by atoms with Gasteiger partial charge in [-0.1, -0.05) is 18.2 Å². The number of aromatic nitrogens is 5. The Hall–Kier alpha value is -3.14. The molecule has 2 N–H and O–H groups in total. The van der Waals surface area contributed by atoms with E-state index in [0.717, 1.165) is 12.6 Å². The summed E-state index contributed by atoms with van der Waals surface area (Å²) in [4.78, 5) is 24.8. The highest BCUT2D eigenvalue weighted by Crippen LogP contribution is 2.33. The number of anilines is 2. The van der Waals surface area contributed by atoms with Gasteiger partial charge in [-0.15, -0.1) is 0 Å². The molecule has 0 saturated carbocycles. The normalized spacial score (nSPS) is 18.9. The van der Waals surface area contributed by atoms with Crippen LogP contribution in [-0.4, -0.2) is 60.9 Å². The van der Waals surface area contributed by atoms with Gasteiger partial charge in [-0.2, -0.15) is 15.1 Å². The number of aryl methyl sites for hydroxylation is 1. The first-order chi connectivity index (χ1) is 14.0. The van der Waals surface area contributed by atoms with Crippen molar-refractivity contribution in [3.8, 4) is 5.88 Å². The molecule has 1 aliphatic rings. The standard InChI is InChI=1S/C18H19ClFN7O2/c1-3-14(28)26-8-12(20)13(9-26)29-17-15-11(19)6-21-16(15)24-18(25-17)23-10-5-22-27(4-2)7-10/h3,5-7,12-13H,1,4,8-9H2,2H3,(H2,21,23,24,25)/t12-,13-/m0/s1. The van der Waals surface area contributed by atoms with E-state index in [0.29, 0.717) is 21.7 Å². The third-order valence-corrected chi connectivity index (χ3v) is 4.91. The number of aromatic amines is 1. The molecule has 152 valence electrons. The second-order valence-corrected chi connectivity index (χ2v) is 6.95. The summed E-state index contributed by atoms with van der Waals surface area (Å²) in [7, 11) is 0. The molecule has 0 bridgehead atoms. The second kappa shape index (κ2) is 7.70. The average molecular weight is 420 g/mol. The van der Waals surface area contributed by atoms with E-state index < -0.39 is 12.3 Å². The minimum absolute atomic E-state index is 0.0636. The fraction of sp³-hybridized carbons (Fsp3) is 0.333. The predicted octanol–water partition coefficient (Wildman–Crippen LogP) is 2.69. The Kier molecular flexibility index (Phi) is 5.10. The summed E-state index contributed by atoms with van der Waals surface area (Å²) >= 11 is 6.24. The monoisotopic (exact) mass is 419 g/mol. The number of hydrogen-bond acceptors (Lipinski definition) is 6. The lowest BCUT2D eigenvalue weighted by molar-refractivity contribution is -0.125. The molecule has 0 radical (unpaired) electrons. The van der Waals surface area contributed by atoms with Crippen LogP contribution in [0.4, 0.5) is 16.0 Å². The smallest absolute Gasteiger partial charge is 0.246 e. The van der Waals surface area contributed by atoms with Gasteiger partial charge in [-0.3, -0.25) is 9.48 Å². The number of nitrogens with zero attached hydrogens (tertiary/aromatic N) is 5. The van der Waals surface area contributed by atoms with E-state index >= 15 is 0 Å². The topological polar surface area (TPSA) is 101 Å². The van der Waals surface area contributed by atoms with Crippen LogP contribution in [0.25, 0.3) is 11.0 Å². The van der Waals surface area contributed by atoms with E-state index in [1.165, 1.54) is 4.90 Å². The maximum absolute atomic E-state index is 14.5. The van der Waals surface area contributed by atoms with Crippen LogP contribution in [0.1, 0.15) is 6.92 Å². The molecule has 9 nitrogen and oxygen atoms in total. The number of alkyl halides is 1. The lowest BCUT2D eigenvalue weighted by atomic mass is 10.3. The van der Waals surface area contributed by atoms with Gasteiger partial charge < -0.3 is 19.9 Å². The minimum Gasteiger partial charge on any atom is -0.469 e. The number of likely N-dealkylation sites (tertiary alicyclic amines) is 1. The molecule has 1 aliphatic heterocycles. The molecule has 0 aliphatic carbocycles. The maximum Gasteiger partial charge on any atom is 0.246 e. The van der Waals surface area contributed by atoms with Crippen molar-refractivity contribution in [2.24, 2.45) is 0 Å². The van der Waals surface area contributed by atoms with Crippen molar-refractivity contribution in [1.82, 2.24) is 29.6 Å². The number of ether oxygens (including phenoxy) is 1. The first-order valence-corrected chi connectivity index (χ1v) is 9.42. The molecular weight excluding hydrogens is 401 g/mol. The van der Waals surface area contributed by atoms with Crippen molar-refractivity contribution in [3.05, 3.63) is 36.3 Å². The van der Waals surface area contributed by atoms with E-state index in [1.54, 1.807) is 17.1 Å². The number of halogens is 2. The van der Waals surface area contributed by atoms with E-state index in [-0.39, 0.29) is 30.8 Å². The van der Waals surface area contributed by atoms with Gasteiger partial charge in [0, 0.05) is 18.9 Å². The third-order valence-electron chi connectivity index (χ3n) is 4.61. The predicted molar refractivity (Wildman–Crippen MR) is 106 cm³/mol.